The first-order valence-corrected chi connectivity index (χ1v) is 17.1. The number of benzene rings is 6. The second-order valence-corrected chi connectivity index (χ2v) is 13.0. The van der Waals surface area contributed by atoms with Crippen LogP contribution in [0.4, 0.5) is 0 Å². The van der Waals surface area contributed by atoms with Crippen LogP contribution >= 0.6 is 0 Å². The number of para-hydroxylation sites is 1. The van der Waals surface area contributed by atoms with Crippen molar-refractivity contribution in [3.8, 4) is 62.2 Å². The fraction of sp³-hybridized carbons (Fsp3) is 0.0652. The maximum atomic E-state index is 7.03. The van der Waals surface area contributed by atoms with Crippen molar-refractivity contribution in [3.05, 3.63) is 192 Å². The van der Waals surface area contributed by atoms with Crippen molar-refractivity contribution < 1.29 is 4.74 Å². The van der Waals surface area contributed by atoms with Gasteiger partial charge in [0.15, 0.2) is 17.5 Å². The molecule has 7 aromatic rings. The van der Waals surface area contributed by atoms with Crippen LogP contribution in [-0.2, 0) is 5.41 Å². The standard InChI is InChI=1S/C46H31N3O/c1-3-14-31(15-4-1)43-47-44(32-16-5-2-6-17-32)49-45(48-43)33-28-26-30(27-29-33)34-20-13-24-40-42(34)50-41-25-12-11-23-39(41)46(40)37-21-9-7-18-35(37)36-19-8-10-22-38(36)46/h1-24,26-29,41H,25H2. The van der Waals surface area contributed by atoms with E-state index in [-0.39, 0.29) is 6.10 Å². The smallest absolute Gasteiger partial charge is 0.164 e. The fourth-order valence-electron chi connectivity index (χ4n) is 8.14. The van der Waals surface area contributed by atoms with Gasteiger partial charge < -0.3 is 4.74 Å². The second kappa shape index (κ2) is 11.4. The third kappa shape index (κ3) is 4.28. The van der Waals surface area contributed by atoms with Gasteiger partial charge in [-0.2, -0.15) is 0 Å². The highest BCUT2D eigenvalue weighted by Gasteiger charge is 2.53. The molecule has 0 radical (unpaired) electrons. The van der Waals surface area contributed by atoms with Crippen LogP contribution in [0.25, 0.3) is 56.4 Å². The van der Waals surface area contributed by atoms with Crippen molar-refractivity contribution in [2.75, 3.05) is 0 Å². The summed E-state index contributed by atoms with van der Waals surface area (Å²) in [6.45, 7) is 0. The highest BCUT2D eigenvalue weighted by atomic mass is 16.5. The summed E-state index contributed by atoms with van der Waals surface area (Å²) in [6.07, 6.45) is 7.47. The van der Waals surface area contributed by atoms with Crippen LogP contribution in [0.5, 0.6) is 5.75 Å². The van der Waals surface area contributed by atoms with Gasteiger partial charge in [0, 0.05) is 34.2 Å². The summed E-state index contributed by atoms with van der Waals surface area (Å²) in [5.41, 5.74) is 12.3. The first-order valence-electron chi connectivity index (χ1n) is 17.1. The van der Waals surface area contributed by atoms with Gasteiger partial charge in [-0.05, 0) is 33.4 Å². The molecule has 1 spiro atoms. The molecule has 0 saturated heterocycles. The summed E-state index contributed by atoms with van der Waals surface area (Å²) in [5, 5.41) is 0. The van der Waals surface area contributed by atoms with Crippen LogP contribution in [0.15, 0.2) is 175 Å². The molecule has 6 aromatic carbocycles. The number of ether oxygens (including phenoxy) is 1. The molecular formula is C46H31N3O. The maximum Gasteiger partial charge on any atom is 0.164 e. The number of hydrogen-bond donors (Lipinski definition) is 0. The van der Waals surface area contributed by atoms with E-state index in [1.54, 1.807) is 0 Å². The lowest BCUT2D eigenvalue weighted by Crippen LogP contribution is -2.42. The summed E-state index contributed by atoms with van der Waals surface area (Å²) in [5.74, 6) is 2.88. The number of nitrogens with zero attached hydrogens (tertiary/aromatic N) is 3. The molecule has 0 N–H and O–H groups in total. The molecule has 2 heterocycles. The Bertz CT molecular complexity index is 2380. The zero-order valence-electron chi connectivity index (χ0n) is 27.2. The van der Waals surface area contributed by atoms with Gasteiger partial charge in [0.05, 0.1) is 5.41 Å². The highest BCUT2D eigenvalue weighted by Crippen LogP contribution is 2.62. The van der Waals surface area contributed by atoms with Gasteiger partial charge in [0.1, 0.15) is 11.9 Å². The van der Waals surface area contributed by atoms with Crippen LogP contribution < -0.4 is 4.74 Å². The van der Waals surface area contributed by atoms with Crippen LogP contribution in [0, 0.1) is 0 Å². The van der Waals surface area contributed by atoms with Gasteiger partial charge in [0.2, 0.25) is 0 Å². The van der Waals surface area contributed by atoms with E-state index in [9.17, 15) is 0 Å². The van der Waals surface area contributed by atoms with Gasteiger partial charge in [-0.3, -0.25) is 0 Å². The van der Waals surface area contributed by atoms with Crippen molar-refractivity contribution in [2.24, 2.45) is 0 Å². The molecule has 236 valence electrons. The Morgan fingerprint density at radius 1 is 0.460 bits per heavy atom. The first kappa shape index (κ1) is 28.6. The summed E-state index contributed by atoms with van der Waals surface area (Å²) >= 11 is 0. The Kier molecular flexibility index (Phi) is 6.50. The van der Waals surface area contributed by atoms with Gasteiger partial charge in [-0.25, -0.2) is 15.0 Å². The van der Waals surface area contributed by atoms with Crippen molar-refractivity contribution in [3.63, 3.8) is 0 Å². The zero-order valence-corrected chi connectivity index (χ0v) is 27.2. The summed E-state index contributed by atoms with van der Waals surface area (Å²) < 4.78 is 7.03. The lowest BCUT2D eigenvalue weighted by Gasteiger charge is -2.45. The molecule has 50 heavy (non-hydrogen) atoms. The molecule has 1 unspecified atom stereocenters. The molecule has 0 amide bonds. The van der Waals surface area contributed by atoms with Crippen molar-refractivity contribution in [2.45, 2.75) is 17.9 Å². The average Bonchev–Trinajstić information content (AvgIpc) is 3.49. The Morgan fingerprint density at radius 3 is 1.54 bits per heavy atom. The molecule has 0 bridgehead atoms. The van der Waals surface area contributed by atoms with Crippen LogP contribution in [-0.4, -0.2) is 21.1 Å². The van der Waals surface area contributed by atoms with Crippen molar-refractivity contribution in [1.82, 2.24) is 15.0 Å². The van der Waals surface area contributed by atoms with Crippen LogP contribution in [0.3, 0.4) is 0 Å². The van der Waals surface area contributed by atoms with E-state index in [1.165, 1.54) is 33.4 Å². The number of aromatic nitrogens is 3. The Morgan fingerprint density at radius 2 is 0.940 bits per heavy atom. The highest BCUT2D eigenvalue weighted by molar-refractivity contribution is 5.89. The quantitative estimate of drug-likeness (QED) is 0.192. The molecule has 2 aliphatic carbocycles. The minimum absolute atomic E-state index is 0.0647. The molecule has 1 aliphatic heterocycles. The molecule has 4 heteroatoms. The average molecular weight is 642 g/mol. The van der Waals surface area contributed by atoms with Crippen LogP contribution in [0.1, 0.15) is 23.1 Å². The van der Waals surface area contributed by atoms with Gasteiger partial charge in [-0.1, -0.05) is 170 Å². The SMILES string of the molecule is C1=CCC2Oc3c(-c4ccc(-c5nc(-c6ccccc6)nc(-c6ccccc6)n5)cc4)cccc3C3(C2=C1)c1ccccc1-c1ccccc13. The number of allylic oxidation sites excluding steroid dienone is 2. The maximum absolute atomic E-state index is 7.03. The van der Waals surface area contributed by atoms with Gasteiger partial charge in [-0.15, -0.1) is 0 Å². The van der Waals surface area contributed by atoms with E-state index in [2.05, 4.69) is 109 Å². The molecular weight excluding hydrogens is 611 g/mol. The summed E-state index contributed by atoms with van der Waals surface area (Å²) in [7, 11) is 0. The predicted molar refractivity (Wildman–Crippen MR) is 200 cm³/mol. The second-order valence-electron chi connectivity index (χ2n) is 13.0. The lowest BCUT2D eigenvalue weighted by molar-refractivity contribution is 0.206. The van der Waals surface area contributed by atoms with Crippen molar-refractivity contribution in [1.29, 1.82) is 0 Å². The first-order chi connectivity index (χ1) is 24.8. The molecule has 1 atom stereocenters. The third-order valence-electron chi connectivity index (χ3n) is 10.3. The zero-order chi connectivity index (χ0) is 33.1. The largest absolute Gasteiger partial charge is 0.485 e. The van der Waals surface area contributed by atoms with Crippen molar-refractivity contribution >= 4 is 0 Å². The van der Waals surface area contributed by atoms with E-state index >= 15 is 0 Å². The summed E-state index contributed by atoms with van der Waals surface area (Å²) in [6, 6.07) is 53.2. The number of hydrogen-bond acceptors (Lipinski definition) is 4. The Hall–Kier alpha value is -6.39. The topological polar surface area (TPSA) is 47.9 Å². The normalized spacial score (nSPS) is 16.1. The van der Waals surface area contributed by atoms with E-state index in [0.29, 0.717) is 17.5 Å². The van der Waals surface area contributed by atoms with E-state index in [1.807, 2.05) is 60.7 Å². The monoisotopic (exact) mass is 641 g/mol. The Labute approximate surface area is 291 Å². The van der Waals surface area contributed by atoms with E-state index < -0.39 is 5.41 Å². The van der Waals surface area contributed by atoms with Gasteiger partial charge in [0.25, 0.3) is 0 Å². The molecule has 4 nitrogen and oxygen atoms in total. The fourth-order valence-corrected chi connectivity index (χ4v) is 8.14. The molecule has 0 saturated carbocycles. The molecule has 3 aliphatic rings. The molecule has 10 rings (SSSR count). The van der Waals surface area contributed by atoms with E-state index in [4.69, 9.17) is 19.7 Å². The predicted octanol–water partition coefficient (Wildman–Crippen LogP) is 10.5. The van der Waals surface area contributed by atoms with Gasteiger partial charge >= 0.3 is 0 Å². The minimum atomic E-state index is -0.432. The Balaban J connectivity index is 1.12. The van der Waals surface area contributed by atoms with Crippen LogP contribution in [0.2, 0.25) is 0 Å². The number of rotatable bonds is 4. The van der Waals surface area contributed by atoms with E-state index in [0.717, 1.165) is 40.0 Å². The minimum Gasteiger partial charge on any atom is -0.485 e. The molecule has 1 aromatic heterocycles. The number of fused-ring (bicyclic) bond motifs is 9. The summed E-state index contributed by atoms with van der Waals surface area (Å²) in [4.78, 5) is 14.8. The third-order valence-corrected chi connectivity index (χ3v) is 10.3. The molecule has 0 fully saturated rings. The lowest BCUT2D eigenvalue weighted by atomic mass is 9.62.